The molecule has 0 atom stereocenters. The van der Waals surface area contributed by atoms with Crippen molar-refractivity contribution in [3.05, 3.63) is 17.0 Å². The third-order valence-corrected chi connectivity index (χ3v) is 6.67. The number of hydrogen-bond donors (Lipinski definition) is 2. The summed E-state index contributed by atoms with van der Waals surface area (Å²) in [4.78, 5) is 13.1. The third kappa shape index (κ3) is 4.26. The van der Waals surface area contributed by atoms with Gasteiger partial charge in [-0.2, -0.15) is 0 Å². The second kappa shape index (κ2) is 6.87. The highest BCUT2D eigenvalue weighted by atomic mass is 32.2. The molecule has 2 rings (SSSR count). The largest absolute Gasteiger partial charge is 0.478 e. The van der Waals surface area contributed by atoms with Crippen molar-refractivity contribution in [3.63, 3.8) is 0 Å². The number of piperidine rings is 1. The Morgan fingerprint density at radius 2 is 2.14 bits per heavy atom. The standard InChI is InChI=1S/C13H20N2O4S2/c1-2-15-5-3-10(4-6-15)8-14-21(18,19)12-7-11(9-20-12)13(16)17/h7,9-10,14H,2-6,8H2,1H3,(H,16,17). The third-order valence-electron chi connectivity index (χ3n) is 3.80. The molecule has 1 aromatic heterocycles. The molecule has 1 aromatic rings. The Morgan fingerprint density at radius 1 is 1.48 bits per heavy atom. The van der Waals surface area contributed by atoms with Crippen LogP contribution in [0.4, 0.5) is 0 Å². The maximum atomic E-state index is 12.1. The van der Waals surface area contributed by atoms with E-state index < -0.39 is 16.0 Å². The summed E-state index contributed by atoms with van der Waals surface area (Å²) in [6, 6.07) is 1.20. The molecular weight excluding hydrogens is 312 g/mol. The average molecular weight is 332 g/mol. The summed E-state index contributed by atoms with van der Waals surface area (Å²) in [5.41, 5.74) is 0.0108. The van der Waals surface area contributed by atoms with Gasteiger partial charge in [-0.15, -0.1) is 11.3 Å². The molecule has 1 saturated heterocycles. The van der Waals surface area contributed by atoms with Crippen LogP contribution in [-0.2, 0) is 10.0 Å². The van der Waals surface area contributed by atoms with Crippen LogP contribution < -0.4 is 4.72 Å². The Labute approximate surface area is 128 Å². The first-order valence-corrected chi connectivity index (χ1v) is 9.32. The van der Waals surface area contributed by atoms with Gasteiger partial charge in [-0.25, -0.2) is 17.9 Å². The van der Waals surface area contributed by atoms with Gasteiger partial charge in [0.2, 0.25) is 10.0 Å². The predicted octanol–water partition coefficient (Wildman–Crippen LogP) is 1.46. The van der Waals surface area contributed by atoms with Gasteiger partial charge in [0.1, 0.15) is 4.21 Å². The normalized spacial score (nSPS) is 18.0. The molecule has 0 unspecified atom stereocenters. The molecule has 2 N–H and O–H groups in total. The fourth-order valence-electron chi connectivity index (χ4n) is 2.38. The van der Waals surface area contributed by atoms with Gasteiger partial charge in [0.05, 0.1) is 5.56 Å². The first-order chi connectivity index (χ1) is 9.92. The molecule has 8 heteroatoms. The van der Waals surface area contributed by atoms with Gasteiger partial charge in [0, 0.05) is 11.9 Å². The van der Waals surface area contributed by atoms with Crippen LogP contribution in [0.25, 0.3) is 0 Å². The van der Waals surface area contributed by atoms with Crippen LogP contribution in [0.2, 0.25) is 0 Å². The lowest BCUT2D eigenvalue weighted by atomic mass is 9.97. The average Bonchev–Trinajstić information content (AvgIpc) is 2.97. The number of carbonyl (C=O) groups is 1. The fourth-order valence-corrected chi connectivity index (χ4v) is 4.69. The smallest absolute Gasteiger partial charge is 0.336 e. The van der Waals surface area contributed by atoms with E-state index >= 15 is 0 Å². The maximum Gasteiger partial charge on any atom is 0.336 e. The van der Waals surface area contributed by atoms with Crippen LogP contribution in [-0.4, -0.2) is 50.6 Å². The number of aromatic carboxylic acids is 1. The Morgan fingerprint density at radius 3 is 2.67 bits per heavy atom. The van der Waals surface area contributed by atoms with Crippen molar-refractivity contribution in [2.45, 2.75) is 24.0 Å². The van der Waals surface area contributed by atoms with E-state index in [2.05, 4.69) is 16.5 Å². The summed E-state index contributed by atoms with van der Waals surface area (Å²) >= 11 is 0.936. The van der Waals surface area contributed by atoms with Crippen molar-refractivity contribution in [1.82, 2.24) is 9.62 Å². The number of nitrogens with zero attached hydrogens (tertiary/aromatic N) is 1. The SMILES string of the molecule is CCN1CCC(CNS(=O)(=O)c2cc(C(=O)O)cs2)CC1. The zero-order chi connectivity index (χ0) is 15.5. The number of carboxylic acids is 1. The molecule has 1 aliphatic heterocycles. The number of likely N-dealkylation sites (tertiary alicyclic amines) is 1. The zero-order valence-corrected chi connectivity index (χ0v) is 13.5. The van der Waals surface area contributed by atoms with E-state index in [1.807, 2.05) is 0 Å². The van der Waals surface area contributed by atoms with Crippen molar-refractivity contribution < 1.29 is 18.3 Å². The van der Waals surface area contributed by atoms with Crippen molar-refractivity contribution in [3.8, 4) is 0 Å². The van der Waals surface area contributed by atoms with Crippen molar-refractivity contribution in [2.75, 3.05) is 26.2 Å². The van der Waals surface area contributed by atoms with Gasteiger partial charge < -0.3 is 10.0 Å². The number of nitrogens with one attached hydrogen (secondary N) is 1. The van der Waals surface area contributed by atoms with E-state index in [1.165, 1.54) is 11.4 Å². The van der Waals surface area contributed by atoms with Crippen molar-refractivity contribution in [1.29, 1.82) is 0 Å². The topological polar surface area (TPSA) is 86.7 Å². The number of thiophene rings is 1. The second-order valence-electron chi connectivity index (χ2n) is 5.19. The van der Waals surface area contributed by atoms with Crippen molar-refractivity contribution >= 4 is 27.3 Å². The van der Waals surface area contributed by atoms with Crippen LogP contribution in [0.15, 0.2) is 15.7 Å². The van der Waals surface area contributed by atoms with Crippen LogP contribution in [0.5, 0.6) is 0 Å². The molecular formula is C13H20N2O4S2. The number of sulfonamides is 1. The van der Waals surface area contributed by atoms with Crippen LogP contribution in [0.3, 0.4) is 0 Å². The summed E-state index contributed by atoms with van der Waals surface area (Å²) in [6.45, 7) is 5.59. The molecule has 118 valence electrons. The van der Waals surface area contributed by atoms with Crippen LogP contribution in [0.1, 0.15) is 30.1 Å². The van der Waals surface area contributed by atoms with Gasteiger partial charge in [0.15, 0.2) is 0 Å². The molecule has 0 aromatic carbocycles. The fraction of sp³-hybridized carbons (Fsp3) is 0.615. The van der Waals surface area contributed by atoms with Gasteiger partial charge in [0.25, 0.3) is 0 Å². The molecule has 21 heavy (non-hydrogen) atoms. The zero-order valence-electron chi connectivity index (χ0n) is 11.9. The second-order valence-corrected chi connectivity index (χ2v) is 8.09. The minimum Gasteiger partial charge on any atom is -0.478 e. The molecule has 0 amide bonds. The summed E-state index contributed by atoms with van der Waals surface area (Å²) in [6.07, 6.45) is 1.97. The molecule has 0 bridgehead atoms. The van der Waals surface area contributed by atoms with Gasteiger partial charge in [-0.3, -0.25) is 0 Å². The molecule has 1 aliphatic rings. The molecule has 0 radical (unpaired) electrons. The minimum atomic E-state index is -3.60. The number of carboxylic acid groups (broad SMARTS) is 1. The summed E-state index contributed by atoms with van der Waals surface area (Å²) < 4.78 is 26.9. The predicted molar refractivity (Wildman–Crippen MR) is 81.3 cm³/mol. The molecule has 1 fully saturated rings. The molecule has 0 spiro atoms. The van der Waals surface area contributed by atoms with Crippen LogP contribution in [0, 0.1) is 5.92 Å². The maximum absolute atomic E-state index is 12.1. The van der Waals surface area contributed by atoms with E-state index in [-0.39, 0.29) is 9.77 Å². The lowest BCUT2D eigenvalue weighted by Gasteiger charge is -2.30. The lowest BCUT2D eigenvalue weighted by Crippen LogP contribution is -2.38. The first-order valence-electron chi connectivity index (χ1n) is 6.96. The first kappa shape index (κ1) is 16.4. The van der Waals surface area contributed by atoms with E-state index in [0.29, 0.717) is 12.5 Å². The number of rotatable bonds is 6. The van der Waals surface area contributed by atoms with Crippen LogP contribution >= 0.6 is 11.3 Å². The van der Waals surface area contributed by atoms with Gasteiger partial charge >= 0.3 is 5.97 Å². The van der Waals surface area contributed by atoms with E-state index in [0.717, 1.165) is 43.8 Å². The molecule has 0 saturated carbocycles. The highest BCUT2D eigenvalue weighted by Gasteiger charge is 2.23. The summed E-state index contributed by atoms with van der Waals surface area (Å²) in [5.74, 6) is -0.763. The minimum absolute atomic E-state index is 0.0108. The van der Waals surface area contributed by atoms with E-state index in [1.54, 1.807) is 0 Å². The Bertz CT molecular complexity index is 589. The summed E-state index contributed by atoms with van der Waals surface area (Å²) in [7, 11) is -3.60. The van der Waals surface area contributed by atoms with Gasteiger partial charge in [-0.1, -0.05) is 6.92 Å². The van der Waals surface area contributed by atoms with Gasteiger partial charge in [-0.05, 0) is 44.5 Å². The Balaban J connectivity index is 1.91. The van der Waals surface area contributed by atoms with E-state index in [4.69, 9.17) is 5.11 Å². The van der Waals surface area contributed by atoms with E-state index in [9.17, 15) is 13.2 Å². The Hall–Kier alpha value is -0.960. The van der Waals surface area contributed by atoms with Crippen molar-refractivity contribution in [2.24, 2.45) is 5.92 Å². The lowest BCUT2D eigenvalue weighted by molar-refractivity contribution is 0.0697. The molecule has 0 aliphatic carbocycles. The molecule has 2 heterocycles. The number of hydrogen-bond acceptors (Lipinski definition) is 5. The monoisotopic (exact) mass is 332 g/mol. The highest BCUT2D eigenvalue weighted by molar-refractivity contribution is 7.91. The highest BCUT2D eigenvalue weighted by Crippen LogP contribution is 2.21. The summed E-state index contributed by atoms with van der Waals surface area (Å²) in [5, 5.41) is 10.2. The Kier molecular flexibility index (Phi) is 5.37. The molecule has 6 nitrogen and oxygen atoms in total. The quantitative estimate of drug-likeness (QED) is 0.823.